The van der Waals surface area contributed by atoms with Gasteiger partial charge in [0.25, 0.3) is 0 Å². The first-order chi connectivity index (χ1) is 9.75. The molecule has 1 atom stereocenters. The van der Waals surface area contributed by atoms with E-state index in [0.29, 0.717) is 5.88 Å². The summed E-state index contributed by atoms with van der Waals surface area (Å²) in [4.78, 5) is 4.07. The molecule has 3 rings (SSSR count). The summed E-state index contributed by atoms with van der Waals surface area (Å²) in [5.41, 5.74) is 3.97. The van der Waals surface area contributed by atoms with E-state index in [0.717, 1.165) is 29.8 Å². The molecule has 0 saturated carbocycles. The molecule has 0 saturated heterocycles. The maximum Gasteiger partial charge on any atom is 0.0621 e. The molecule has 0 N–H and O–H groups in total. The van der Waals surface area contributed by atoms with E-state index in [1.165, 1.54) is 17.5 Å². The van der Waals surface area contributed by atoms with Gasteiger partial charge in [0.1, 0.15) is 0 Å². The highest BCUT2D eigenvalue weighted by molar-refractivity contribution is 6.31. The van der Waals surface area contributed by atoms with Crippen LogP contribution in [0.25, 0.3) is 0 Å². The van der Waals surface area contributed by atoms with E-state index in [4.69, 9.17) is 23.2 Å². The van der Waals surface area contributed by atoms with Gasteiger partial charge in [-0.15, -0.1) is 11.6 Å². The van der Waals surface area contributed by atoms with Gasteiger partial charge in [0.2, 0.25) is 0 Å². The van der Waals surface area contributed by atoms with Gasteiger partial charge < -0.3 is 0 Å². The Bertz CT molecular complexity index is 611. The number of hydrogen-bond acceptors (Lipinski definition) is 1. The van der Waals surface area contributed by atoms with Crippen molar-refractivity contribution in [3.63, 3.8) is 0 Å². The quantitative estimate of drug-likeness (QED) is 0.743. The molecule has 104 valence electrons. The van der Waals surface area contributed by atoms with Crippen molar-refractivity contribution in [2.45, 2.75) is 31.1 Å². The molecule has 2 aromatic rings. The van der Waals surface area contributed by atoms with Crippen molar-refractivity contribution >= 4 is 23.2 Å². The summed E-state index contributed by atoms with van der Waals surface area (Å²) in [7, 11) is 0. The fourth-order valence-electron chi connectivity index (χ4n) is 3.29. The second kappa shape index (κ2) is 5.75. The molecule has 1 aliphatic carbocycles. The Morgan fingerprint density at radius 3 is 2.85 bits per heavy atom. The average molecular weight is 306 g/mol. The zero-order valence-electron chi connectivity index (χ0n) is 11.3. The van der Waals surface area contributed by atoms with Gasteiger partial charge in [-0.25, -0.2) is 0 Å². The summed E-state index contributed by atoms with van der Waals surface area (Å²) >= 11 is 12.7. The van der Waals surface area contributed by atoms with Crippen LogP contribution in [0.3, 0.4) is 0 Å². The van der Waals surface area contributed by atoms with Crippen LogP contribution in [0.5, 0.6) is 0 Å². The third-order valence-corrected chi connectivity index (χ3v) is 5.18. The fourth-order valence-corrected chi connectivity index (χ4v) is 3.85. The predicted octanol–water partition coefficient (Wildman–Crippen LogP) is 4.79. The molecule has 3 heteroatoms. The Morgan fingerprint density at radius 1 is 1.20 bits per heavy atom. The normalized spacial score (nSPS) is 21.5. The van der Waals surface area contributed by atoms with Crippen LogP contribution < -0.4 is 0 Å². The number of alkyl halides is 1. The SMILES string of the molecule is ClCC1(Cc2ccncc2Cl)CCCc2ccccc21. The molecule has 0 radical (unpaired) electrons. The van der Waals surface area contributed by atoms with Gasteiger partial charge in [0, 0.05) is 23.7 Å². The number of nitrogens with zero attached hydrogens (tertiary/aromatic N) is 1. The second-order valence-corrected chi connectivity index (χ2v) is 6.24. The Kier molecular flexibility index (Phi) is 4.00. The number of aromatic nitrogens is 1. The van der Waals surface area contributed by atoms with Crippen LogP contribution in [-0.4, -0.2) is 10.9 Å². The van der Waals surface area contributed by atoms with Gasteiger partial charge >= 0.3 is 0 Å². The van der Waals surface area contributed by atoms with Crippen LogP contribution in [0.4, 0.5) is 0 Å². The fraction of sp³-hybridized carbons (Fsp3) is 0.353. The minimum absolute atomic E-state index is 0.00138. The van der Waals surface area contributed by atoms with Crippen LogP contribution in [0.15, 0.2) is 42.7 Å². The monoisotopic (exact) mass is 305 g/mol. The number of hydrogen-bond donors (Lipinski definition) is 0. The van der Waals surface area contributed by atoms with E-state index in [2.05, 4.69) is 29.2 Å². The summed E-state index contributed by atoms with van der Waals surface area (Å²) in [5.74, 6) is 0.628. The standard InChI is InChI=1S/C17H17Cl2N/c18-12-17(10-14-7-9-20-11-16(14)19)8-3-5-13-4-1-2-6-15(13)17/h1-2,4,6-7,9,11H,3,5,8,10,12H2. The van der Waals surface area contributed by atoms with Gasteiger partial charge in [0.05, 0.1) is 5.02 Å². The van der Waals surface area contributed by atoms with Gasteiger partial charge in [-0.1, -0.05) is 35.9 Å². The average Bonchev–Trinajstić information content (AvgIpc) is 2.50. The van der Waals surface area contributed by atoms with Crippen molar-refractivity contribution in [1.29, 1.82) is 0 Å². The maximum absolute atomic E-state index is 6.41. The summed E-state index contributed by atoms with van der Waals surface area (Å²) in [6.45, 7) is 0. The minimum atomic E-state index is 0.00138. The lowest BCUT2D eigenvalue weighted by molar-refractivity contribution is 0.396. The summed E-state index contributed by atoms with van der Waals surface area (Å²) in [6, 6.07) is 10.7. The number of halogens is 2. The molecule has 0 amide bonds. The lowest BCUT2D eigenvalue weighted by Gasteiger charge is -2.38. The van der Waals surface area contributed by atoms with Crippen molar-refractivity contribution < 1.29 is 0 Å². The Morgan fingerprint density at radius 2 is 2.05 bits per heavy atom. The number of pyridine rings is 1. The zero-order chi connectivity index (χ0) is 14.0. The predicted molar refractivity (Wildman–Crippen MR) is 84.7 cm³/mol. The Balaban J connectivity index is 2.03. The molecule has 0 spiro atoms. The summed E-state index contributed by atoms with van der Waals surface area (Å²) < 4.78 is 0. The molecular weight excluding hydrogens is 289 g/mol. The van der Waals surface area contributed by atoms with Crippen LogP contribution >= 0.6 is 23.2 Å². The lowest BCUT2D eigenvalue weighted by atomic mass is 9.68. The van der Waals surface area contributed by atoms with E-state index < -0.39 is 0 Å². The number of benzene rings is 1. The maximum atomic E-state index is 6.41. The van der Waals surface area contributed by atoms with Crippen LogP contribution in [-0.2, 0) is 18.3 Å². The molecule has 0 aliphatic heterocycles. The van der Waals surface area contributed by atoms with Crippen molar-refractivity contribution in [3.8, 4) is 0 Å². The van der Waals surface area contributed by atoms with Gasteiger partial charge in [-0.2, -0.15) is 0 Å². The van der Waals surface area contributed by atoms with Crippen molar-refractivity contribution in [2.24, 2.45) is 0 Å². The minimum Gasteiger partial charge on any atom is -0.263 e. The van der Waals surface area contributed by atoms with Gasteiger partial charge in [0.15, 0.2) is 0 Å². The highest BCUT2D eigenvalue weighted by atomic mass is 35.5. The highest BCUT2D eigenvalue weighted by Crippen LogP contribution is 2.41. The number of rotatable bonds is 3. The third-order valence-electron chi connectivity index (χ3n) is 4.33. The molecule has 1 aromatic heterocycles. The first-order valence-corrected chi connectivity index (χ1v) is 7.89. The largest absolute Gasteiger partial charge is 0.263 e. The summed E-state index contributed by atoms with van der Waals surface area (Å²) in [5, 5.41) is 0.736. The molecule has 1 nitrogen and oxygen atoms in total. The third kappa shape index (κ3) is 2.45. The molecule has 0 bridgehead atoms. The van der Waals surface area contributed by atoms with Crippen molar-refractivity contribution in [1.82, 2.24) is 4.98 Å². The molecule has 0 fully saturated rings. The lowest BCUT2D eigenvalue weighted by Crippen LogP contribution is -2.35. The first-order valence-electron chi connectivity index (χ1n) is 6.98. The second-order valence-electron chi connectivity index (χ2n) is 5.57. The van der Waals surface area contributed by atoms with E-state index in [1.54, 1.807) is 12.4 Å². The van der Waals surface area contributed by atoms with Crippen LogP contribution in [0.2, 0.25) is 5.02 Å². The smallest absolute Gasteiger partial charge is 0.0621 e. The Labute approximate surface area is 129 Å². The van der Waals surface area contributed by atoms with Crippen LogP contribution in [0, 0.1) is 0 Å². The van der Waals surface area contributed by atoms with Crippen LogP contribution in [0.1, 0.15) is 29.5 Å². The molecule has 1 unspecified atom stereocenters. The van der Waals surface area contributed by atoms with E-state index in [-0.39, 0.29) is 5.41 Å². The van der Waals surface area contributed by atoms with E-state index in [1.807, 2.05) is 6.07 Å². The summed E-state index contributed by atoms with van der Waals surface area (Å²) in [6.07, 6.45) is 7.86. The molecule has 1 aromatic carbocycles. The molecule has 1 heterocycles. The number of aryl methyl sites for hydroxylation is 1. The van der Waals surface area contributed by atoms with Gasteiger partial charge in [-0.3, -0.25) is 4.98 Å². The van der Waals surface area contributed by atoms with Gasteiger partial charge in [-0.05, 0) is 48.4 Å². The van der Waals surface area contributed by atoms with E-state index >= 15 is 0 Å². The molecular formula is C17H17Cl2N. The topological polar surface area (TPSA) is 12.9 Å². The van der Waals surface area contributed by atoms with Crippen molar-refractivity contribution in [3.05, 3.63) is 64.4 Å². The molecule has 1 aliphatic rings. The molecule has 20 heavy (non-hydrogen) atoms. The van der Waals surface area contributed by atoms with Crippen molar-refractivity contribution in [2.75, 3.05) is 5.88 Å². The highest BCUT2D eigenvalue weighted by Gasteiger charge is 2.36. The zero-order valence-corrected chi connectivity index (χ0v) is 12.8. The Hall–Kier alpha value is -1.05. The number of fused-ring (bicyclic) bond motifs is 1. The van der Waals surface area contributed by atoms with E-state index in [9.17, 15) is 0 Å². The first kappa shape index (κ1) is 13.9.